The average molecular weight is 622 g/mol. The van der Waals surface area contributed by atoms with E-state index in [0.29, 0.717) is 10.8 Å². The quantitative estimate of drug-likeness (QED) is 0.171. The fraction of sp³-hybridized carbons (Fsp3) is 0.379. The maximum Gasteiger partial charge on any atom is 0.303 e. The first kappa shape index (κ1) is 29.7. The summed E-state index contributed by atoms with van der Waals surface area (Å²) >= 11 is 0. The molecule has 1 fully saturated rings. The number of ether oxygens (including phenoxy) is 5. The number of aromatic nitrogens is 4. The Labute approximate surface area is 253 Å². The topological polar surface area (TPSA) is 187 Å². The van der Waals surface area contributed by atoms with Gasteiger partial charge in [0.25, 0.3) is 11.8 Å². The molecule has 2 amide bonds. The molecular weight excluding hydrogens is 594 g/mol. The van der Waals surface area contributed by atoms with Crippen LogP contribution in [0.1, 0.15) is 54.8 Å². The minimum Gasteiger partial charge on any atom is -0.463 e. The molecular formula is C29H27N5O11. The van der Waals surface area contributed by atoms with Gasteiger partial charge < -0.3 is 23.7 Å². The summed E-state index contributed by atoms with van der Waals surface area (Å²) in [5, 5.41) is 0.779. The highest BCUT2D eigenvalue weighted by atomic mass is 16.7. The summed E-state index contributed by atoms with van der Waals surface area (Å²) in [4.78, 5) is 85.8. The number of amides is 2. The third kappa shape index (κ3) is 4.73. The van der Waals surface area contributed by atoms with Gasteiger partial charge >= 0.3 is 23.9 Å². The van der Waals surface area contributed by atoms with Crippen LogP contribution < -0.4 is 0 Å². The molecule has 234 valence electrons. The zero-order chi connectivity index (χ0) is 32.3. The summed E-state index contributed by atoms with van der Waals surface area (Å²) in [6.45, 7) is 4.12. The van der Waals surface area contributed by atoms with Crippen molar-refractivity contribution < 1.29 is 52.5 Å². The Morgan fingerprint density at radius 2 is 1.49 bits per heavy atom. The van der Waals surface area contributed by atoms with E-state index in [1.807, 2.05) is 0 Å². The fourth-order valence-corrected chi connectivity index (χ4v) is 6.01. The number of carbonyl (C=O) groups excluding carboxylic acids is 6. The van der Waals surface area contributed by atoms with Gasteiger partial charge in [-0.1, -0.05) is 0 Å². The number of imide groups is 1. The van der Waals surface area contributed by atoms with Crippen LogP contribution in [0.25, 0.3) is 27.6 Å². The number of esters is 4. The summed E-state index contributed by atoms with van der Waals surface area (Å²) in [5.74, 6) is -4.09. The van der Waals surface area contributed by atoms with E-state index in [9.17, 15) is 28.8 Å². The van der Waals surface area contributed by atoms with E-state index in [1.165, 1.54) is 41.5 Å². The highest BCUT2D eigenvalue weighted by molar-refractivity contribution is 6.30. The van der Waals surface area contributed by atoms with Crippen LogP contribution in [0.5, 0.6) is 0 Å². The molecule has 0 saturated carbocycles. The number of rotatable bonds is 6. The molecule has 2 aliphatic heterocycles. The molecule has 0 N–H and O–H groups in total. The molecule has 6 rings (SSSR count). The van der Waals surface area contributed by atoms with Gasteiger partial charge in [-0.2, -0.15) is 0 Å². The van der Waals surface area contributed by atoms with Gasteiger partial charge in [0, 0.05) is 64.1 Å². The molecule has 6 heterocycles. The maximum atomic E-state index is 13.5. The van der Waals surface area contributed by atoms with Crippen molar-refractivity contribution in [1.29, 1.82) is 0 Å². The fourth-order valence-electron chi connectivity index (χ4n) is 6.01. The van der Waals surface area contributed by atoms with E-state index < -0.39 is 72.9 Å². The summed E-state index contributed by atoms with van der Waals surface area (Å²) < 4.78 is 31.5. The Bertz CT molecular complexity index is 1940. The molecule has 4 aromatic rings. The lowest BCUT2D eigenvalue weighted by Crippen LogP contribution is -2.60. The predicted molar refractivity (Wildman–Crippen MR) is 150 cm³/mol. The Morgan fingerprint density at radius 1 is 0.844 bits per heavy atom. The van der Waals surface area contributed by atoms with Gasteiger partial charge in [0.15, 0.2) is 30.2 Å². The average Bonchev–Trinajstić information content (AvgIpc) is 3.64. The second-order valence-electron chi connectivity index (χ2n) is 10.6. The van der Waals surface area contributed by atoms with E-state index in [4.69, 9.17) is 23.7 Å². The zero-order valence-corrected chi connectivity index (χ0v) is 24.7. The van der Waals surface area contributed by atoms with Gasteiger partial charge in [-0.3, -0.25) is 42.6 Å². The van der Waals surface area contributed by atoms with E-state index >= 15 is 0 Å². The highest BCUT2D eigenvalue weighted by Crippen LogP contribution is 2.43. The lowest BCUT2D eigenvalue weighted by molar-refractivity contribution is -0.267. The van der Waals surface area contributed by atoms with Crippen LogP contribution in [0.4, 0.5) is 0 Å². The number of pyridine rings is 2. The smallest absolute Gasteiger partial charge is 0.303 e. The van der Waals surface area contributed by atoms with Crippen molar-refractivity contribution in [3.05, 3.63) is 42.0 Å². The normalized spacial score (nSPS) is 23.0. The molecule has 0 aromatic carbocycles. The maximum absolute atomic E-state index is 13.5. The van der Waals surface area contributed by atoms with Crippen molar-refractivity contribution in [2.24, 2.45) is 0 Å². The van der Waals surface area contributed by atoms with Crippen LogP contribution in [-0.2, 0) is 42.9 Å². The Hall–Kier alpha value is -5.38. The minimum absolute atomic E-state index is 0.102. The van der Waals surface area contributed by atoms with Crippen molar-refractivity contribution >= 4 is 63.3 Å². The van der Waals surface area contributed by atoms with Gasteiger partial charge in [-0.15, -0.1) is 0 Å². The van der Waals surface area contributed by atoms with Crippen LogP contribution in [0, 0.1) is 0 Å². The molecule has 4 aromatic heterocycles. The molecule has 0 aliphatic carbocycles. The van der Waals surface area contributed by atoms with Gasteiger partial charge in [0.2, 0.25) is 0 Å². The van der Waals surface area contributed by atoms with Gasteiger partial charge in [0.1, 0.15) is 24.1 Å². The summed E-state index contributed by atoms with van der Waals surface area (Å²) in [6.07, 6.45) is -2.45. The van der Waals surface area contributed by atoms with Gasteiger partial charge in [-0.25, -0.2) is 9.97 Å². The summed E-state index contributed by atoms with van der Waals surface area (Å²) in [6, 6.07) is 3.34. The Balaban J connectivity index is 1.69. The standard InChI is InChI=1S/C29H27N5O11/c1-12(35)41-11-17-22(42-13(2)36)23(43-14(3)37)24(44-15(4)38)29(45-17)34-20-18(16-7-6-8-30-25(16)34)19-21(28(40)32(5)27(19)39)33-10-9-31-26(20)33/h6-10,17,22-24,29H,11H2,1-5H3/t17-,22-,23+,24-,29-/m1/s1. The van der Waals surface area contributed by atoms with E-state index in [-0.39, 0.29) is 28.1 Å². The van der Waals surface area contributed by atoms with Gasteiger partial charge in [0.05, 0.1) is 11.1 Å². The highest BCUT2D eigenvalue weighted by Gasteiger charge is 2.54. The summed E-state index contributed by atoms with van der Waals surface area (Å²) in [5.41, 5.74) is 0.967. The Morgan fingerprint density at radius 3 is 2.16 bits per heavy atom. The van der Waals surface area contributed by atoms with Crippen molar-refractivity contribution in [3.8, 4) is 0 Å². The second kappa shape index (κ2) is 11.0. The van der Waals surface area contributed by atoms with E-state index in [1.54, 1.807) is 12.1 Å². The first-order valence-corrected chi connectivity index (χ1v) is 13.8. The van der Waals surface area contributed by atoms with E-state index in [0.717, 1.165) is 25.7 Å². The SMILES string of the molecule is CC(=O)OC[C@H]1O[C@@H](n2c3ncccc3c3c4c(n5ccnc5c32)C(=O)N(C)C4=O)[C@H](OC(C)=O)[C@@H](OC(C)=O)[C@@H]1OC(C)=O. The van der Waals surface area contributed by atoms with Crippen LogP contribution in [0.15, 0.2) is 30.7 Å². The number of nitrogens with zero attached hydrogens (tertiary/aromatic N) is 5. The first-order valence-electron chi connectivity index (χ1n) is 13.8. The zero-order valence-electron chi connectivity index (χ0n) is 24.7. The number of hydrogen-bond donors (Lipinski definition) is 0. The van der Waals surface area contributed by atoms with Crippen LogP contribution in [-0.4, -0.2) is 97.6 Å². The molecule has 5 atom stereocenters. The van der Waals surface area contributed by atoms with Crippen molar-refractivity contribution in [2.75, 3.05) is 13.7 Å². The largest absolute Gasteiger partial charge is 0.463 e. The monoisotopic (exact) mass is 621 g/mol. The number of hydrogen-bond acceptors (Lipinski definition) is 13. The summed E-state index contributed by atoms with van der Waals surface area (Å²) in [7, 11) is 1.37. The Kier molecular flexibility index (Phi) is 7.23. The third-order valence-electron chi connectivity index (χ3n) is 7.59. The van der Waals surface area contributed by atoms with Crippen LogP contribution in [0.3, 0.4) is 0 Å². The van der Waals surface area contributed by atoms with Gasteiger partial charge in [-0.05, 0) is 12.1 Å². The number of imidazole rings is 1. The minimum atomic E-state index is -1.46. The number of carbonyl (C=O) groups is 6. The molecule has 16 heteroatoms. The number of fused-ring (bicyclic) bond motifs is 8. The lowest BCUT2D eigenvalue weighted by Gasteiger charge is -2.44. The molecule has 0 spiro atoms. The molecule has 16 nitrogen and oxygen atoms in total. The first-order chi connectivity index (χ1) is 21.4. The van der Waals surface area contributed by atoms with E-state index in [2.05, 4.69) is 9.97 Å². The predicted octanol–water partition coefficient (Wildman–Crippen LogP) is 1.32. The molecule has 2 aliphatic rings. The molecule has 0 bridgehead atoms. The second-order valence-corrected chi connectivity index (χ2v) is 10.6. The van der Waals surface area contributed by atoms with Crippen molar-refractivity contribution in [2.45, 2.75) is 58.3 Å². The van der Waals surface area contributed by atoms with Crippen LogP contribution >= 0.6 is 0 Å². The molecule has 1 saturated heterocycles. The van der Waals surface area contributed by atoms with Crippen LogP contribution in [0.2, 0.25) is 0 Å². The van der Waals surface area contributed by atoms with Crippen molar-refractivity contribution in [1.82, 2.24) is 23.8 Å². The lowest BCUT2D eigenvalue weighted by atomic mass is 9.97. The van der Waals surface area contributed by atoms with Crippen molar-refractivity contribution in [3.63, 3.8) is 0 Å². The molecule has 0 radical (unpaired) electrons. The molecule has 45 heavy (non-hydrogen) atoms. The third-order valence-corrected chi connectivity index (χ3v) is 7.59. The molecule has 0 unspecified atom stereocenters.